The van der Waals surface area contributed by atoms with Crippen molar-refractivity contribution in [2.75, 3.05) is 19.0 Å². The van der Waals surface area contributed by atoms with E-state index >= 15 is 0 Å². The number of benzene rings is 1. The summed E-state index contributed by atoms with van der Waals surface area (Å²) in [5.41, 5.74) is 0.880. The number of methoxy groups -OCH3 is 1. The highest BCUT2D eigenvalue weighted by atomic mass is 32.1. The van der Waals surface area contributed by atoms with Crippen LogP contribution in [0.15, 0.2) is 30.3 Å². The number of rotatable bonds is 5. The van der Waals surface area contributed by atoms with Crippen molar-refractivity contribution in [2.45, 2.75) is 0 Å². The molecule has 0 spiro atoms. The van der Waals surface area contributed by atoms with Gasteiger partial charge < -0.3 is 15.2 Å². The maximum Gasteiger partial charge on any atom is 0.348 e. The monoisotopic (exact) mass is 309 g/mol. The third kappa shape index (κ3) is 3.65. The highest BCUT2D eigenvalue weighted by Gasteiger charge is 2.18. The molecular formula is C14H12FNO4S. The third-order valence-electron chi connectivity index (χ3n) is 2.60. The van der Waals surface area contributed by atoms with Crippen molar-refractivity contribution in [1.29, 1.82) is 0 Å². The lowest BCUT2D eigenvalue weighted by Gasteiger charge is -2.02. The zero-order chi connectivity index (χ0) is 15.4. The molecule has 2 rings (SSSR count). The van der Waals surface area contributed by atoms with Crippen LogP contribution >= 0.6 is 11.3 Å². The van der Waals surface area contributed by atoms with E-state index in [9.17, 15) is 19.1 Å². The van der Waals surface area contributed by atoms with Crippen LogP contribution in [0.1, 0.15) is 9.67 Å². The highest BCUT2D eigenvalue weighted by molar-refractivity contribution is 7.18. The first-order valence-corrected chi connectivity index (χ1v) is 6.74. The van der Waals surface area contributed by atoms with Gasteiger partial charge in [-0.2, -0.15) is 0 Å². The number of nitrogens with one attached hydrogen (secondary N) is 1. The van der Waals surface area contributed by atoms with E-state index in [2.05, 4.69) is 10.1 Å². The SMILES string of the molecule is COCC(=O)Nc1cc(-c2ccc(F)cc2)sc1C(=O)O. The van der Waals surface area contributed by atoms with Crippen LogP contribution in [0.5, 0.6) is 0 Å². The molecule has 0 atom stereocenters. The van der Waals surface area contributed by atoms with Crippen LogP contribution in [-0.4, -0.2) is 30.7 Å². The topological polar surface area (TPSA) is 75.6 Å². The number of halogens is 1. The summed E-state index contributed by atoms with van der Waals surface area (Å²) in [6, 6.07) is 7.23. The molecule has 21 heavy (non-hydrogen) atoms. The van der Waals surface area contributed by atoms with Crippen molar-refractivity contribution >= 4 is 28.9 Å². The summed E-state index contributed by atoms with van der Waals surface area (Å²) in [6.45, 7) is -0.166. The van der Waals surface area contributed by atoms with E-state index in [4.69, 9.17) is 0 Å². The van der Waals surface area contributed by atoms with Gasteiger partial charge in [0.2, 0.25) is 5.91 Å². The zero-order valence-corrected chi connectivity index (χ0v) is 11.9. The number of hydrogen-bond acceptors (Lipinski definition) is 4. The Hall–Kier alpha value is -2.25. The number of ether oxygens (including phenoxy) is 1. The number of carbonyl (C=O) groups is 2. The number of amides is 1. The number of carbonyl (C=O) groups excluding carboxylic acids is 1. The van der Waals surface area contributed by atoms with Crippen molar-refractivity contribution in [1.82, 2.24) is 0 Å². The van der Waals surface area contributed by atoms with E-state index < -0.39 is 11.9 Å². The summed E-state index contributed by atoms with van der Waals surface area (Å²) in [4.78, 5) is 23.4. The quantitative estimate of drug-likeness (QED) is 0.890. The lowest BCUT2D eigenvalue weighted by Crippen LogP contribution is -2.18. The van der Waals surface area contributed by atoms with E-state index in [1.165, 1.54) is 19.2 Å². The normalized spacial score (nSPS) is 10.4. The summed E-state index contributed by atoms with van der Waals surface area (Å²) < 4.78 is 17.6. The molecular weight excluding hydrogens is 297 g/mol. The van der Waals surface area contributed by atoms with Crippen molar-refractivity contribution in [3.63, 3.8) is 0 Å². The van der Waals surface area contributed by atoms with E-state index in [0.29, 0.717) is 10.4 Å². The van der Waals surface area contributed by atoms with Gasteiger partial charge in [-0.05, 0) is 23.8 Å². The molecule has 2 N–H and O–H groups in total. The van der Waals surface area contributed by atoms with Gasteiger partial charge in [-0.3, -0.25) is 4.79 Å². The predicted octanol–water partition coefficient (Wildman–Crippen LogP) is 2.84. The summed E-state index contributed by atoms with van der Waals surface area (Å²) >= 11 is 1.01. The Kier molecular flexibility index (Phi) is 4.66. The van der Waals surface area contributed by atoms with Crippen molar-refractivity contribution in [2.24, 2.45) is 0 Å². The van der Waals surface area contributed by atoms with Gasteiger partial charge in [0, 0.05) is 12.0 Å². The number of anilines is 1. The first-order valence-electron chi connectivity index (χ1n) is 5.93. The number of carboxylic acid groups (broad SMARTS) is 1. The van der Waals surface area contributed by atoms with Crippen LogP contribution in [0.4, 0.5) is 10.1 Å². The fourth-order valence-corrected chi connectivity index (χ4v) is 2.67. The number of aromatic carboxylic acids is 1. The Morgan fingerprint density at radius 2 is 2.00 bits per heavy atom. The van der Waals surface area contributed by atoms with Gasteiger partial charge in [-0.1, -0.05) is 12.1 Å². The second-order valence-electron chi connectivity index (χ2n) is 4.15. The molecule has 0 aliphatic rings. The maximum atomic E-state index is 12.9. The van der Waals surface area contributed by atoms with Gasteiger partial charge >= 0.3 is 5.97 Å². The Morgan fingerprint density at radius 3 is 2.57 bits per heavy atom. The number of hydrogen-bond donors (Lipinski definition) is 2. The lowest BCUT2D eigenvalue weighted by molar-refractivity contribution is -0.119. The van der Waals surface area contributed by atoms with Gasteiger partial charge in [0.1, 0.15) is 17.3 Å². The molecule has 1 amide bonds. The molecule has 0 saturated carbocycles. The van der Waals surface area contributed by atoms with Crippen LogP contribution in [0.25, 0.3) is 10.4 Å². The molecule has 5 nitrogen and oxygen atoms in total. The van der Waals surface area contributed by atoms with Gasteiger partial charge in [-0.15, -0.1) is 11.3 Å². The zero-order valence-electron chi connectivity index (χ0n) is 11.1. The average molecular weight is 309 g/mol. The van der Waals surface area contributed by atoms with E-state index in [1.807, 2.05) is 0 Å². The molecule has 0 bridgehead atoms. The van der Waals surface area contributed by atoms with Crippen LogP contribution in [-0.2, 0) is 9.53 Å². The molecule has 1 heterocycles. The Balaban J connectivity index is 2.34. The van der Waals surface area contributed by atoms with E-state index in [0.717, 1.165) is 11.3 Å². The predicted molar refractivity (Wildman–Crippen MR) is 77.2 cm³/mol. The highest BCUT2D eigenvalue weighted by Crippen LogP contribution is 2.34. The molecule has 0 radical (unpaired) electrons. The van der Waals surface area contributed by atoms with Crippen LogP contribution in [0, 0.1) is 5.82 Å². The smallest absolute Gasteiger partial charge is 0.348 e. The number of thiophene rings is 1. The first-order chi connectivity index (χ1) is 10.0. The second-order valence-corrected chi connectivity index (χ2v) is 5.20. The second kappa shape index (κ2) is 6.47. The molecule has 0 aliphatic heterocycles. The standard InChI is InChI=1S/C14H12FNO4S/c1-20-7-12(17)16-10-6-11(21-13(10)14(18)19)8-2-4-9(15)5-3-8/h2-6H,7H2,1H3,(H,16,17)(H,18,19). The number of carboxylic acids is 1. The summed E-state index contributed by atoms with van der Waals surface area (Å²) in [7, 11) is 1.37. The molecule has 1 aromatic carbocycles. The van der Waals surface area contributed by atoms with Gasteiger partial charge in [0.15, 0.2) is 0 Å². The minimum Gasteiger partial charge on any atom is -0.477 e. The third-order valence-corrected chi connectivity index (χ3v) is 3.78. The van der Waals surface area contributed by atoms with Crippen LogP contribution in [0.2, 0.25) is 0 Å². The van der Waals surface area contributed by atoms with Crippen LogP contribution in [0.3, 0.4) is 0 Å². The van der Waals surface area contributed by atoms with Crippen molar-refractivity contribution < 1.29 is 23.8 Å². The van der Waals surface area contributed by atoms with Gasteiger partial charge in [-0.25, -0.2) is 9.18 Å². The fourth-order valence-electron chi connectivity index (χ4n) is 1.72. The first kappa shape index (κ1) is 15.1. The molecule has 7 heteroatoms. The van der Waals surface area contributed by atoms with Crippen LogP contribution < -0.4 is 5.32 Å². The summed E-state index contributed by atoms with van der Waals surface area (Å²) in [5, 5.41) is 11.7. The molecule has 2 aromatic rings. The van der Waals surface area contributed by atoms with E-state index in [-0.39, 0.29) is 23.0 Å². The van der Waals surface area contributed by atoms with Crippen molar-refractivity contribution in [3.8, 4) is 10.4 Å². The average Bonchev–Trinajstić information content (AvgIpc) is 2.83. The molecule has 1 aromatic heterocycles. The Labute approximate surface area is 124 Å². The summed E-state index contributed by atoms with van der Waals surface area (Å²) in [6.07, 6.45) is 0. The Bertz CT molecular complexity index is 666. The molecule has 110 valence electrons. The lowest BCUT2D eigenvalue weighted by atomic mass is 10.2. The van der Waals surface area contributed by atoms with Gasteiger partial charge in [0.05, 0.1) is 5.69 Å². The van der Waals surface area contributed by atoms with E-state index in [1.54, 1.807) is 18.2 Å². The molecule has 0 fully saturated rings. The largest absolute Gasteiger partial charge is 0.477 e. The van der Waals surface area contributed by atoms with Gasteiger partial charge in [0.25, 0.3) is 0 Å². The Morgan fingerprint density at radius 1 is 1.33 bits per heavy atom. The van der Waals surface area contributed by atoms with Crippen molar-refractivity contribution in [3.05, 3.63) is 41.0 Å². The maximum absolute atomic E-state index is 12.9. The molecule has 0 unspecified atom stereocenters. The fraction of sp³-hybridized carbons (Fsp3) is 0.143. The summed E-state index contributed by atoms with van der Waals surface area (Å²) in [5.74, 6) is -1.95. The molecule has 0 aliphatic carbocycles. The minimum atomic E-state index is -1.14. The molecule has 0 saturated heterocycles. The minimum absolute atomic E-state index is 0.0128.